The number of benzene rings is 3. The number of carbonyl (C=O) groups is 2. The molecule has 0 saturated carbocycles. The van der Waals surface area contributed by atoms with Crippen LogP contribution in [0.1, 0.15) is 50.6 Å². The van der Waals surface area contributed by atoms with Gasteiger partial charge in [-0.1, -0.05) is 85.6 Å². The second kappa shape index (κ2) is 14.4. The van der Waals surface area contributed by atoms with Gasteiger partial charge in [-0.2, -0.15) is 0 Å². The Balaban J connectivity index is 0.000000183. The van der Waals surface area contributed by atoms with Crippen molar-refractivity contribution in [3.63, 3.8) is 0 Å². The molecule has 0 radical (unpaired) electrons. The van der Waals surface area contributed by atoms with E-state index in [-0.39, 0.29) is 23.4 Å². The van der Waals surface area contributed by atoms with E-state index in [0.717, 1.165) is 23.1 Å². The zero-order valence-corrected chi connectivity index (χ0v) is 25.7. The minimum absolute atomic E-state index is 0.0597. The lowest BCUT2D eigenvalue weighted by Crippen LogP contribution is -2.35. The fourth-order valence-corrected chi connectivity index (χ4v) is 6.42. The van der Waals surface area contributed by atoms with Crippen molar-refractivity contribution in [3.05, 3.63) is 128 Å². The fourth-order valence-electron chi connectivity index (χ4n) is 4.57. The standard InChI is InChI=1S/C16H14FNO.C15H10Cl2N2OS.C2H6/c17-15-8-4-3-7-14(15)16(19)18-13-9-11-5-1-2-6-12(11)10-13;1-8-4-3-7-18-14(8)19-15(20)13-12(17)11-9(16)5-2-6-10(11)21-13;1-2/h1-8,13H,9-10H2,(H,18,19);2-7H,1H3,(H,18,19,20);1-2H3. The SMILES string of the molecule is CC.Cc1cccnc1NC(=O)c1sc2cccc(Cl)c2c1Cl.O=C(NC1Cc2ccccc2C1)c1ccccc1F. The van der Waals surface area contributed by atoms with Gasteiger partial charge in [0.25, 0.3) is 11.8 Å². The third-order valence-electron chi connectivity index (χ3n) is 6.56. The molecule has 2 aromatic heterocycles. The van der Waals surface area contributed by atoms with Gasteiger partial charge in [0.05, 0.1) is 15.6 Å². The van der Waals surface area contributed by atoms with Gasteiger partial charge in [0.15, 0.2) is 0 Å². The van der Waals surface area contributed by atoms with Crippen LogP contribution in [-0.4, -0.2) is 22.8 Å². The van der Waals surface area contributed by atoms with Crippen LogP contribution < -0.4 is 10.6 Å². The Labute approximate surface area is 258 Å². The number of anilines is 1. The molecule has 5 nitrogen and oxygen atoms in total. The minimum Gasteiger partial charge on any atom is -0.349 e. The van der Waals surface area contributed by atoms with Crippen molar-refractivity contribution < 1.29 is 14.0 Å². The van der Waals surface area contributed by atoms with Gasteiger partial charge < -0.3 is 10.6 Å². The number of fused-ring (bicyclic) bond motifs is 2. The predicted octanol–water partition coefficient (Wildman–Crippen LogP) is 8.91. The first-order chi connectivity index (χ1) is 20.3. The molecule has 0 atom stereocenters. The number of halogens is 3. The minimum atomic E-state index is -0.476. The molecule has 0 saturated heterocycles. The summed E-state index contributed by atoms with van der Waals surface area (Å²) in [5.41, 5.74) is 3.53. The molecule has 0 aliphatic heterocycles. The number of amides is 2. The van der Waals surface area contributed by atoms with E-state index >= 15 is 0 Å². The lowest BCUT2D eigenvalue weighted by atomic mass is 10.1. The number of hydrogen-bond acceptors (Lipinski definition) is 4. The van der Waals surface area contributed by atoms with Crippen LogP contribution >= 0.6 is 34.5 Å². The number of thiophene rings is 1. The Hall–Kier alpha value is -3.78. The van der Waals surface area contributed by atoms with Crippen LogP contribution in [0.4, 0.5) is 10.2 Å². The molecule has 2 amide bonds. The molecule has 1 aliphatic carbocycles. The molecule has 0 unspecified atom stereocenters. The maximum absolute atomic E-state index is 13.5. The summed E-state index contributed by atoms with van der Waals surface area (Å²) in [7, 11) is 0. The summed E-state index contributed by atoms with van der Waals surface area (Å²) < 4.78 is 14.4. The summed E-state index contributed by atoms with van der Waals surface area (Å²) in [5, 5.41) is 7.33. The van der Waals surface area contributed by atoms with E-state index in [4.69, 9.17) is 23.2 Å². The van der Waals surface area contributed by atoms with Crippen LogP contribution in [0.25, 0.3) is 10.1 Å². The second-order valence-corrected chi connectivity index (χ2v) is 11.1. The molecule has 42 heavy (non-hydrogen) atoms. The zero-order chi connectivity index (χ0) is 30.2. The number of hydrogen-bond donors (Lipinski definition) is 2. The van der Waals surface area contributed by atoms with Crippen molar-refractivity contribution in [1.82, 2.24) is 10.3 Å². The fraction of sp³-hybridized carbons (Fsp3) is 0.182. The van der Waals surface area contributed by atoms with Crippen molar-refractivity contribution in [3.8, 4) is 0 Å². The Bertz CT molecular complexity index is 1700. The Morgan fingerprint density at radius 1 is 0.881 bits per heavy atom. The van der Waals surface area contributed by atoms with Gasteiger partial charge in [0.2, 0.25) is 0 Å². The average Bonchev–Trinajstić information content (AvgIpc) is 3.56. The number of aryl methyl sites for hydroxylation is 1. The third kappa shape index (κ3) is 7.16. The summed E-state index contributed by atoms with van der Waals surface area (Å²) in [6, 6.07) is 23.4. The summed E-state index contributed by atoms with van der Waals surface area (Å²) >= 11 is 13.8. The molecule has 6 rings (SSSR count). The van der Waals surface area contributed by atoms with E-state index < -0.39 is 5.82 Å². The largest absolute Gasteiger partial charge is 0.349 e. The van der Waals surface area contributed by atoms with Crippen LogP contribution in [-0.2, 0) is 12.8 Å². The monoisotopic (exact) mass is 621 g/mol. The van der Waals surface area contributed by atoms with E-state index in [1.807, 2.05) is 57.2 Å². The summed E-state index contributed by atoms with van der Waals surface area (Å²) in [6.07, 6.45) is 3.26. The maximum atomic E-state index is 13.5. The first kappa shape index (κ1) is 31.2. The highest BCUT2D eigenvalue weighted by molar-refractivity contribution is 7.21. The molecule has 5 aromatic rings. The summed E-state index contributed by atoms with van der Waals surface area (Å²) in [6.45, 7) is 5.88. The van der Waals surface area contributed by atoms with E-state index in [1.165, 1.54) is 34.6 Å². The van der Waals surface area contributed by atoms with Crippen molar-refractivity contribution in [2.45, 2.75) is 39.7 Å². The highest BCUT2D eigenvalue weighted by Crippen LogP contribution is 2.39. The molecule has 0 fully saturated rings. The van der Waals surface area contributed by atoms with Gasteiger partial charge in [-0.3, -0.25) is 9.59 Å². The average molecular weight is 623 g/mol. The Morgan fingerprint density at radius 2 is 1.55 bits per heavy atom. The number of nitrogens with zero attached hydrogens (tertiary/aromatic N) is 1. The zero-order valence-electron chi connectivity index (χ0n) is 23.4. The van der Waals surface area contributed by atoms with Gasteiger partial charge in [0.1, 0.15) is 16.5 Å². The van der Waals surface area contributed by atoms with Gasteiger partial charge in [-0.25, -0.2) is 9.37 Å². The van der Waals surface area contributed by atoms with Gasteiger partial charge in [-0.15, -0.1) is 11.3 Å². The molecule has 3 aromatic carbocycles. The van der Waals surface area contributed by atoms with Crippen LogP contribution in [0.3, 0.4) is 0 Å². The maximum Gasteiger partial charge on any atom is 0.268 e. The van der Waals surface area contributed by atoms with Crippen molar-refractivity contribution in [1.29, 1.82) is 0 Å². The molecule has 2 heterocycles. The van der Waals surface area contributed by atoms with Crippen LogP contribution in [0.5, 0.6) is 0 Å². The lowest BCUT2D eigenvalue weighted by Gasteiger charge is -2.12. The number of carbonyl (C=O) groups excluding carboxylic acids is 2. The first-order valence-corrected chi connectivity index (χ1v) is 15.1. The van der Waals surface area contributed by atoms with Gasteiger partial charge in [0, 0.05) is 22.3 Å². The van der Waals surface area contributed by atoms with Crippen molar-refractivity contribution in [2.75, 3.05) is 5.32 Å². The van der Waals surface area contributed by atoms with E-state index in [2.05, 4.69) is 27.8 Å². The summed E-state index contributed by atoms with van der Waals surface area (Å²) in [5.74, 6) is -0.562. The molecule has 9 heteroatoms. The number of nitrogens with one attached hydrogen (secondary N) is 2. The van der Waals surface area contributed by atoms with Crippen LogP contribution in [0.15, 0.2) is 85.1 Å². The smallest absolute Gasteiger partial charge is 0.268 e. The van der Waals surface area contributed by atoms with Crippen LogP contribution in [0, 0.1) is 12.7 Å². The topological polar surface area (TPSA) is 71.1 Å². The molecular formula is C33H30Cl2FN3O2S. The third-order valence-corrected chi connectivity index (χ3v) is 8.52. The van der Waals surface area contributed by atoms with E-state index in [1.54, 1.807) is 24.4 Å². The number of rotatable bonds is 4. The highest BCUT2D eigenvalue weighted by atomic mass is 35.5. The number of pyridine rings is 1. The molecule has 1 aliphatic rings. The van der Waals surface area contributed by atoms with Crippen molar-refractivity contribution >= 4 is 62.3 Å². The van der Waals surface area contributed by atoms with Gasteiger partial charge in [-0.05, 0) is 66.8 Å². The lowest BCUT2D eigenvalue weighted by molar-refractivity contribution is 0.0933. The molecule has 0 bridgehead atoms. The number of aromatic nitrogens is 1. The normalized spacial score (nSPS) is 12.0. The Morgan fingerprint density at radius 3 is 2.19 bits per heavy atom. The molecular weight excluding hydrogens is 592 g/mol. The molecule has 2 N–H and O–H groups in total. The van der Waals surface area contributed by atoms with Crippen molar-refractivity contribution in [2.24, 2.45) is 0 Å². The van der Waals surface area contributed by atoms with E-state index in [9.17, 15) is 14.0 Å². The van der Waals surface area contributed by atoms with Crippen LogP contribution in [0.2, 0.25) is 10.0 Å². The summed E-state index contributed by atoms with van der Waals surface area (Å²) in [4.78, 5) is 29.0. The molecule has 0 spiro atoms. The molecule has 216 valence electrons. The quantitative estimate of drug-likeness (QED) is 0.210. The first-order valence-electron chi connectivity index (χ1n) is 13.5. The predicted molar refractivity (Wildman–Crippen MR) is 172 cm³/mol. The second-order valence-electron chi connectivity index (χ2n) is 9.31. The highest BCUT2D eigenvalue weighted by Gasteiger charge is 2.24. The van der Waals surface area contributed by atoms with Gasteiger partial charge >= 0.3 is 0 Å². The Kier molecular flexibility index (Phi) is 10.7. The van der Waals surface area contributed by atoms with E-state index in [0.29, 0.717) is 26.1 Å².